The molecule has 13 nitrogen and oxygen atoms in total. The second-order valence-corrected chi connectivity index (χ2v) is 8.73. The maximum Gasteiger partial charge on any atom is 0.326 e. The van der Waals surface area contributed by atoms with Crippen LogP contribution in [0, 0.1) is 0 Å². The van der Waals surface area contributed by atoms with Crippen molar-refractivity contribution < 1.29 is 24.3 Å². The molecule has 1 aromatic rings. The number of amides is 3. The third-order valence-corrected chi connectivity index (χ3v) is 5.47. The highest BCUT2D eigenvalue weighted by Gasteiger charge is 2.30. The summed E-state index contributed by atoms with van der Waals surface area (Å²) in [5, 5.41) is 17.4. The number of nitrogens with one attached hydrogen (secondary N) is 3. The van der Waals surface area contributed by atoms with Crippen molar-refractivity contribution in [2.24, 2.45) is 27.9 Å². The van der Waals surface area contributed by atoms with Gasteiger partial charge in [-0.3, -0.25) is 19.4 Å². The molecule has 13 heteroatoms. The van der Waals surface area contributed by atoms with Crippen LogP contribution in [-0.2, 0) is 25.6 Å². The van der Waals surface area contributed by atoms with Gasteiger partial charge in [0.05, 0.1) is 6.04 Å². The Balaban J connectivity index is 3.05. The first-order valence-corrected chi connectivity index (χ1v) is 12.2. The Bertz CT molecular complexity index is 906. The Labute approximate surface area is 216 Å². The Morgan fingerprint density at radius 1 is 0.865 bits per heavy atom. The van der Waals surface area contributed by atoms with Crippen molar-refractivity contribution in [1.82, 2.24) is 16.0 Å². The molecule has 0 saturated carbocycles. The second kappa shape index (κ2) is 16.9. The molecule has 0 bridgehead atoms. The van der Waals surface area contributed by atoms with E-state index in [4.69, 9.17) is 22.9 Å². The molecular formula is C24H40N8O5. The minimum atomic E-state index is -1.23. The maximum atomic E-state index is 13.2. The van der Waals surface area contributed by atoms with Crippen molar-refractivity contribution in [1.29, 1.82) is 0 Å². The minimum absolute atomic E-state index is 0.0794. The largest absolute Gasteiger partial charge is 0.480 e. The first-order valence-electron chi connectivity index (χ1n) is 12.2. The predicted molar refractivity (Wildman–Crippen MR) is 140 cm³/mol. The van der Waals surface area contributed by atoms with E-state index in [2.05, 4.69) is 20.9 Å². The Morgan fingerprint density at radius 3 is 2.00 bits per heavy atom. The number of nitrogens with two attached hydrogens (primary N) is 4. The van der Waals surface area contributed by atoms with Crippen LogP contribution >= 0.6 is 0 Å². The summed E-state index contributed by atoms with van der Waals surface area (Å²) in [6.45, 7) is 2.12. The molecule has 0 heterocycles. The zero-order chi connectivity index (χ0) is 27.8. The molecule has 0 aromatic heterocycles. The summed E-state index contributed by atoms with van der Waals surface area (Å²) in [7, 11) is 0. The lowest BCUT2D eigenvalue weighted by Gasteiger charge is -2.25. The molecule has 1 rings (SSSR count). The molecule has 3 amide bonds. The van der Waals surface area contributed by atoms with Crippen LogP contribution in [0.1, 0.15) is 44.6 Å². The van der Waals surface area contributed by atoms with E-state index in [0.29, 0.717) is 32.2 Å². The second-order valence-electron chi connectivity index (χ2n) is 8.73. The molecule has 4 unspecified atom stereocenters. The number of carbonyl (C=O) groups excluding carboxylic acids is 3. The van der Waals surface area contributed by atoms with E-state index in [-0.39, 0.29) is 25.3 Å². The molecule has 12 N–H and O–H groups in total. The number of benzene rings is 1. The fraction of sp³-hybridized carbons (Fsp3) is 0.542. The van der Waals surface area contributed by atoms with Crippen LogP contribution in [0.5, 0.6) is 0 Å². The molecule has 37 heavy (non-hydrogen) atoms. The highest BCUT2D eigenvalue weighted by atomic mass is 16.4. The fourth-order valence-electron chi connectivity index (χ4n) is 3.43. The summed E-state index contributed by atoms with van der Waals surface area (Å²) >= 11 is 0. The lowest BCUT2D eigenvalue weighted by Crippen LogP contribution is -2.57. The number of hydrogen-bond donors (Lipinski definition) is 8. The van der Waals surface area contributed by atoms with Gasteiger partial charge in [-0.25, -0.2) is 4.79 Å². The normalized spacial score (nSPS) is 13.9. The quantitative estimate of drug-likeness (QED) is 0.0662. The van der Waals surface area contributed by atoms with Crippen LogP contribution in [0.3, 0.4) is 0 Å². The van der Waals surface area contributed by atoms with Crippen molar-refractivity contribution in [3.63, 3.8) is 0 Å². The van der Waals surface area contributed by atoms with Crippen molar-refractivity contribution in [3.8, 4) is 0 Å². The molecule has 0 aliphatic rings. The zero-order valence-corrected chi connectivity index (χ0v) is 21.2. The summed E-state index contributed by atoms with van der Waals surface area (Å²) in [6, 6.07) is 4.87. The molecule has 0 saturated heterocycles. The number of nitrogens with zero attached hydrogens (tertiary/aromatic N) is 1. The molecule has 0 aliphatic heterocycles. The van der Waals surface area contributed by atoms with Crippen LogP contribution in [0.15, 0.2) is 35.3 Å². The smallest absolute Gasteiger partial charge is 0.326 e. The van der Waals surface area contributed by atoms with E-state index in [9.17, 15) is 24.3 Å². The number of unbranched alkanes of at least 4 members (excludes halogenated alkanes) is 1. The highest BCUT2D eigenvalue weighted by molar-refractivity contribution is 5.94. The van der Waals surface area contributed by atoms with Crippen molar-refractivity contribution in [2.75, 3.05) is 13.1 Å². The van der Waals surface area contributed by atoms with E-state index in [1.54, 1.807) is 24.3 Å². The average molecular weight is 521 g/mol. The third kappa shape index (κ3) is 12.7. The van der Waals surface area contributed by atoms with E-state index in [0.717, 1.165) is 5.56 Å². The number of hydrogen-bond acceptors (Lipinski definition) is 7. The summed E-state index contributed by atoms with van der Waals surface area (Å²) in [5.41, 5.74) is 22.5. The fourth-order valence-corrected chi connectivity index (χ4v) is 3.43. The van der Waals surface area contributed by atoms with Crippen molar-refractivity contribution in [3.05, 3.63) is 35.9 Å². The minimum Gasteiger partial charge on any atom is -0.480 e. The summed E-state index contributed by atoms with van der Waals surface area (Å²) in [6.07, 6.45) is 2.01. The van der Waals surface area contributed by atoms with Crippen LogP contribution in [0.4, 0.5) is 0 Å². The number of aliphatic imine (C=N–C) groups is 1. The molecule has 4 atom stereocenters. The maximum absolute atomic E-state index is 13.2. The number of aliphatic carboxylic acids is 1. The van der Waals surface area contributed by atoms with Gasteiger partial charge in [0.1, 0.15) is 18.1 Å². The molecule has 0 aliphatic carbocycles. The van der Waals surface area contributed by atoms with Gasteiger partial charge in [0.25, 0.3) is 0 Å². The van der Waals surface area contributed by atoms with Gasteiger partial charge in [0.2, 0.25) is 17.7 Å². The number of carboxylic acids is 1. The van der Waals surface area contributed by atoms with Gasteiger partial charge >= 0.3 is 5.97 Å². The summed E-state index contributed by atoms with van der Waals surface area (Å²) in [5.74, 6) is -3.11. The van der Waals surface area contributed by atoms with Crippen LogP contribution in [0.2, 0.25) is 0 Å². The van der Waals surface area contributed by atoms with Gasteiger partial charge in [0, 0.05) is 13.0 Å². The van der Waals surface area contributed by atoms with Gasteiger partial charge in [-0.1, -0.05) is 30.3 Å². The monoisotopic (exact) mass is 520 g/mol. The van der Waals surface area contributed by atoms with Gasteiger partial charge in [0.15, 0.2) is 5.96 Å². The standard InChI is InChI=1S/C24H40N8O5/c1-15(26)20(33)30-17(10-5-6-12-25)21(34)32-19(14-16-8-3-2-4-9-16)22(35)31-18(23(36)37)11-7-13-29-24(27)28/h2-4,8-9,15,17-19H,5-7,10-14,25-26H2,1H3,(H,30,33)(H,31,35)(H,32,34)(H,36,37)(H4,27,28,29). The first-order chi connectivity index (χ1) is 17.5. The average Bonchev–Trinajstić information content (AvgIpc) is 2.84. The highest BCUT2D eigenvalue weighted by Crippen LogP contribution is 2.08. The lowest BCUT2D eigenvalue weighted by atomic mass is 10.0. The van der Waals surface area contributed by atoms with Gasteiger partial charge in [-0.15, -0.1) is 0 Å². The van der Waals surface area contributed by atoms with Gasteiger partial charge in [-0.05, 0) is 51.1 Å². The van der Waals surface area contributed by atoms with E-state index >= 15 is 0 Å². The number of guanidine groups is 1. The molecule has 0 spiro atoms. The molecule has 1 aromatic carbocycles. The molecule has 0 fully saturated rings. The number of carboxylic acid groups (broad SMARTS) is 1. The Morgan fingerprint density at radius 2 is 1.43 bits per heavy atom. The van der Waals surface area contributed by atoms with E-state index < -0.39 is 47.9 Å². The van der Waals surface area contributed by atoms with Crippen LogP contribution in [-0.4, -0.2) is 72.0 Å². The topological polar surface area (TPSA) is 241 Å². The Hall–Kier alpha value is -3.71. The zero-order valence-electron chi connectivity index (χ0n) is 21.2. The molecule has 206 valence electrons. The van der Waals surface area contributed by atoms with Crippen molar-refractivity contribution >= 4 is 29.7 Å². The Kier molecular flexibility index (Phi) is 14.3. The van der Waals surface area contributed by atoms with Crippen LogP contribution in [0.25, 0.3) is 0 Å². The predicted octanol–water partition coefficient (Wildman–Crippen LogP) is -1.70. The van der Waals surface area contributed by atoms with E-state index in [1.807, 2.05) is 6.07 Å². The number of rotatable bonds is 17. The van der Waals surface area contributed by atoms with Gasteiger partial charge in [-0.2, -0.15) is 0 Å². The van der Waals surface area contributed by atoms with Crippen molar-refractivity contribution in [2.45, 2.75) is 69.6 Å². The molecule has 0 radical (unpaired) electrons. The van der Waals surface area contributed by atoms with Gasteiger partial charge < -0.3 is 44.0 Å². The third-order valence-electron chi connectivity index (χ3n) is 5.47. The van der Waals surface area contributed by atoms with E-state index in [1.165, 1.54) is 6.92 Å². The SMILES string of the molecule is CC(N)C(=O)NC(CCCCN)C(=O)NC(Cc1ccccc1)C(=O)NC(CCCN=C(N)N)C(=O)O. The summed E-state index contributed by atoms with van der Waals surface area (Å²) in [4.78, 5) is 54.1. The molecular weight excluding hydrogens is 480 g/mol. The summed E-state index contributed by atoms with van der Waals surface area (Å²) < 4.78 is 0. The first kappa shape index (κ1) is 31.3. The lowest BCUT2D eigenvalue weighted by molar-refractivity contribution is -0.142. The van der Waals surface area contributed by atoms with Crippen LogP contribution < -0.4 is 38.9 Å². The number of carbonyl (C=O) groups is 4.